The van der Waals surface area contributed by atoms with E-state index < -0.39 is 8.32 Å². The van der Waals surface area contributed by atoms with Crippen molar-refractivity contribution in [3.05, 3.63) is 23.8 Å². The molecule has 3 nitrogen and oxygen atoms in total. The summed E-state index contributed by atoms with van der Waals surface area (Å²) in [5.74, 6) is -0.273. The first kappa shape index (κ1) is 20.1. The van der Waals surface area contributed by atoms with E-state index in [4.69, 9.17) is 9.16 Å². The molecule has 0 saturated carbocycles. The smallest absolute Gasteiger partial charge is 0.333 e. The Morgan fingerprint density at radius 1 is 1.14 bits per heavy atom. The van der Waals surface area contributed by atoms with E-state index in [0.717, 1.165) is 0 Å². The van der Waals surface area contributed by atoms with E-state index in [1.807, 2.05) is 12.2 Å². The molecule has 0 atom stereocenters. The van der Waals surface area contributed by atoms with Crippen LogP contribution in [0, 0.1) is 0 Å². The van der Waals surface area contributed by atoms with Gasteiger partial charge in [0.05, 0.1) is 12.2 Å². The van der Waals surface area contributed by atoms with E-state index in [1.165, 1.54) is 0 Å². The highest BCUT2D eigenvalue weighted by molar-refractivity contribution is 6.74. The molecule has 0 aliphatic heterocycles. The summed E-state index contributed by atoms with van der Waals surface area (Å²) in [7, 11) is -1.82. The summed E-state index contributed by atoms with van der Waals surface area (Å²) in [4.78, 5) is 11.5. The third-order valence-corrected chi connectivity index (χ3v) is 8.41. The molecule has 0 unspecified atom stereocenters. The lowest BCUT2D eigenvalue weighted by atomic mass is 10.1. The van der Waals surface area contributed by atoms with Crippen LogP contribution >= 0.6 is 0 Å². The molecule has 21 heavy (non-hydrogen) atoms. The molecule has 0 aromatic rings. The third-order valence-electron chi connectivity index (χ3n) is 3.77. The van der Waals surface area contributed by atoms with Crippen molar-refractivity contribution < 1.29 is 14.0 Å². The normalized spacial score (nSPS) is 14.6. The molecule has 0 N–H and O–H groups in total. The fourth-order valence-corrected chi connectivity index (χ4v) is 3.27. The second-order valence-corrected chi connectivity index (χ2v) is 12.1. The number of ether oxygens (including phenoxy) is 1. The maximum absolute atomic E-state index is 11.5. The summed E-state index contributed by atoms with van der Waals surface area (Å²) in [6.07, 6.45) is 5.64. The van der Waals surface area contributed by atoms with Crippen LogP contribution in [-0.4, -0.2) is 26.5 Å². The summed E-state index contributed by atoms with van der Waals surface area (Å²) >= 11 is 0. The molecule has 0 spiro atoms. The molecule has 0 saturated heterocycles. The van der Waals surface area contributed by atoms with Gasteiger partial charge in [0, 0.05) is 5.57 Å². The molecule has 0 heterocycles. The van der Waals surface area contributed by atoms with E-state index in [9.17, 15) is 4.79 Å². The number of carbonyl (C=O) groups is 1. The van der Waals surface area contributed by atoms with Crippen molar-refractivity contribution in [1.82, 2.24) is 0 Å². The van der Waals surface area contributed by atoms with Gasteiger partial charge in [0.2, 0.25) is 0 Å². The van der Waals surface area contributed by atoms with Crippen molar-refractivity contribution >= 4 is 14.3 Å². The average Bonchev–Trinajstić information content (AvgIpc) is 2.25. The molecule has 0 radical (unpaired) electrons. The Balaban J connectivity index is 4.86. The van der Waals surface area contributed by atoms with E-state index in [1.54, 1.807) is 19.9 Å². The van der Waals surface area contributed by atoms with E-state index in [0.29, 0.717) is 12.2 Å². The summed E-state index contributed by atoms with van der Waals surface area (Å²) in [5.41, 5.74) is 0.241. The molecular weight excluding hydrogens is 280 g/mol. The van der Waals surface area contributed by atoms with E-state index in [-0.39, 0.29) is 16.6 Å². The Hall–Kier alpha value is -0.873. The lowest BCUT2D eigenvalue weighted by Crippen LogP contribution is -2.46. The number of carbonyl (C=O) groups excluding carboxylic acids is 1. The van der Waals surface area contributed by atoms with Crippen molar-refractivity contribution in [3.8, 4) is 0 Å². The van der Waals surface area contributed by atoms with Crippen LogP contribution in [0.2, 0.25) is 18.1 Å². The largest absolute Gasteiger partial charge is 0.463 e. The van der Waals surface area contributed by atoms with Crippen molar-refractivity contribution in [2.75, 3.05) is 6.61 Å². The minimum atomic E-state index is -1.82. The molecule has 0 aromatic carbocycles. The Morgan fingerprint density at radius 2 is 1.67 bits per heavy atom. The molecular formula is C17H32O3Si. The van der Waals surface area contributed by atoms with Gasteiger partial charge in [-0.25, -0.2) is 4.79 Å². The fraction of sp³-hybridized carbons (Fsp3) is 0.706. The highest BCUT2D eigenvalue weighted by Crippen LogP contribution is 2.39. The maximum atomic E-state index is 11.5. The van der Waals surface area contributed by atoms with Gasteiger partial charge in [0.25, 0.3) is 0 Å². The van der Waals surface area contributed by atoms with Gasteiger partial charge in [-0.2, -0.15) is 0 Å². The monoisotopic (exact) mass is 312 g/mol. The second-order valence-electron chi connectivity index (χ2n) is 7.40. The van der Waals surface area contributed by atoms with E-state index >= 15 is 0 Å². The zero-order chi connectivity index (χ0) is 16.9. The van der Waals surface area contributed by atoms with Gasteiger partial charge >= 0.3 is 5.97 Å². The average molecular weight is 313 g/mol. The van der Waals surface area contributed by atoms with Crippen LogP contribution in [0.3, 0.4) is 0 Å². The first-order valence-electron chi connectivity index (χ1n) is 7.56. The van der Waals surface area contributed by atoms with Crippen LogP contribution in [0.5, 0.6) is 0 Å². The minimum absolute atomic E-state index is 0.175. The number of rotatable bonds is 6. The molecule has 0 aliphatic rings. The van der Waals surface area contributed by atoms with Crippen LogP contribution in [-0.2, 0) is 14.0 Å². The molecule has 4 heteroatoms. The summed E-state index contributed by atoms with van der Waals surface area (Å²) in [6, 6.07) is 0. The summed E-state index contributed by atoms with van der Waals surface area (Å²) in [6.45, 7) is 19.2. The minimum Gasteiger partial charge on any atom is -0.463 e. The molecule has 0 fully saturated rings. The number of esters is 1. The SMILES string of the molecule is CCOC(=O)/C(C)=C/C=C\C(C)(C)O[Si](C)(C)C(C)(C)C. The van der Waals surface area contributed by atoms with Crippen LogP contribution in [0.1, 0.15) is 48.5 Å². The van der Waals surface area contributed by atoms with Gasteiger partial charge in [-0.15, -0.1) is 0 Å². The number of hydrogen-bond acceptors (Lipinski definition) is 3. The second kappa shape index (κ2) is 7.41. The van der Waals surface area contributed by atoms with Crippen LogP contribution in [0.15, 0.2) is 23.8 Å². The Bertz CT molecular complexity index is 412. The zero-order valence-electron chi connectivity index (χ0n) is 15.2. The van der Waals surface area contributed by atoms with Crippen molar-refractivity contribution in [2.45, 2.75) is 72.2 Å². The van der Waals surface area contributed by atoms with Crippen molar-refractivity contribution in [2.24, 2.45) is 0 Å². The van der Waals surface area contributed by atoms with Crippen LogP contribution in [0.25, 0.3) is 0 Å². The van der Waals surface area contributed by atoms with Crippen LogP contribution < -0.4 is 0 Å². The van der Waals surface area contributed by atoms with Gasteiger partial charge in [-0.3, -0.25) is 0 Å². The summed E-state index contributed by atoms with van der Waals surface area (Å²) in [5, 5.41) is 0.175. The molecule has 0 aromatic heterocycles. The quantitative estimate of drug-likeness (QED) is 0.304. The number of allylic oxidation sites excluding steroid dienone is 2. The summed E-state index contributed by atoms with van der Waals surface area (Å²) < 4.78 is 11.3. The molecule has 122 valence electrons. The Kier molecular flexibility index (Phi) is 7.10. The van der Waals surface area contributed by atoms with Gasteiger partial charge in [-0.05, 0) is 45.8 Å². The van der Waals surface area contributed by atoms with Gasteiger partial charge in [-0.1, -0.05) is 39.0 Å². The van der Waals surface area contributed by atoms with E-state index in [2.05, 4.69) is 47.7 Å². The Morgan fingerprint density at radius 3 is 2.10 bits per heavy atom. The first-order chi connectivity index (χ1) is 9.32. The standard InChI is InChI=1S/C17H32O3Si/c1-10-19-15(18)14(2)12-11-13-17(6,7)20-21(8,9)16(3,4)5/h11-13H,10H2,1-9H3/b13-11-,14-12+. The van der Waals surface area contributed by atoms with Crippen molar-refractivity contribution in [3.63, 3.8) is 0 Å². The molecule has 0 rings (SSSR count). The molecule has 0 amide bonds. The Labute approximate surface area is 131 Å². The predicted octanol–water partition coefficient (Wildman–Crippen LogP) is 4.85. The van der Waals surface area contributed by atoms with Crippen molar-refractivity contribution in [1.29, 1.82) is 0 Å². The lowest BCUT2D eigenvalue weighted by Gasteiger charge is -2.41. The highest BCUT2D eigenvalue weighted by Gasteiger charge is 2.40. The topological polar surface area (TPSA) is 35.5 Å². The zero-order valence-corrected chi connectivity index (χ0v) is 16.2. The number of hydrogen-bond donors (Lipinski definition) is 0. The van der Waals surface area contributed by atoms with Gasteiger partial charge in [0.15, 0.2) is 8.32 Å². The maximum Gasteiger partial charge on any atom is 0.333 e. The fourth-order valence-electron chi connectivity index (χ4n) is 1.58. The van der Waals surface area contributed by atoms with Crippen LogP contribution in [0.4, 0.5) is 0 Å². The lowest BCUT2D eigenvalue weighted by molar-refractivity contribution is -0.138. The highest BCUT2D eigenvalue weighted by atomic mass is 28.4. The first-order valence-corrected chi connectivity index (χ1v) is 10.5. The molecule has 0 aliphatic carbocycles. The van der Waals surface area contributed by atoms with Gasteiger partial charge < -0.3 is 9.16 Å². The van der Waals surface area contributed by atoms with Gasteiger partial charge in [0.1, 0.15) is 0 Å². The molecule has 0 bridgehead atoms. The predicted molar refractivity (Wildman–Crippen MR) is 91.9 cm³/mol. The third kappa shape index (κ3) is 7.09.